The number of unbranched alkanes of at least 4 members (excludes halogenated alkanes) is 1. The van der Waals surface area contributed by atoms with Gasteiger partial charge in [-0.3, -0.25) is 9.59 Å². The first-order valence-electron chi connectivity index (χ1n) is 15.0. The number of amides is 4. The van der Waals surface area contributed by atoms with Crippen molar-refractivity contribution in [2.45, 2.75) is 78.3 Å². The van der Waals surface area contributed by atoms with E-state index in [0.29, 0.717) is 55.9 Å². The summed E-state index contributed by atoms with van der Waals surface area (Å²) in [7, 11) is 0. The number of carbonyl (C=O) groups excluding carboxylic acids is 3. The Balaban J connectivity index is 1.29. The van der Waals surface area contributed by atoms with Gasteiger partial charge in [-0.05, 0) is 92.8 Å². The molecule has 8 nitrogen and oxygen atoms in total. The molecule has 43 heavy (non-hydrogen) atoms. The fourth-order valence-electron chi connectivity index (χ4n) is 5.69. The van der Waals surface area contributed by atoms with E-state index in [2.05, 4.69) is 17.0 Å². The van der Waals surface area contributed by atoms with Gasteiger partial charge in [0.25, 0.3) is 5.91 Å². The number of aryl methyl sites for hydroxylation is 1. The molecule has 2 aromatic carbocycles. The van der Waals surface area contributed by atoms with Gasteiger partial charge in [-0.15, -0.1) is 13.2 Å². The smallest absolute Gasteiger partial charge is 0.469 e. The van der Waals surface area contributed by atoms with Crippen LogP contribution in [0.4, 0.5) is 18.0 Å². The van der Waals surface area contributed by atoms with Gasteiger partial charge in [-0.1, -0.05) is 32.9 Å². The van der Waals surface area contributed by atoms with E-state index in [1.807, 2.05) is 18.7 Å². The molecule has 0 saturated carbocycles. The van der Waals surface area contributed by atoms with Gasteiger partial charge < -0.3 is 19.7 Å². The summed E-state index contributed by atoms with van der Waals surface area (Å²) in [5.74, 6) is 0.525. The van der Waals surface area contributed by atoms with Crippen LogP contribution in [-0.4, -0.2) is 59.9 Å². The molecule has 2 aliphatic rings. The highest BCUT2D eigenvalue weighted by atomic mass is 19.4. The van der Waals surface area contributed by atoms with E-state index in [4.69, 9.17) is 4.74 Å². The number of hydrogen-bond acceptors (Lipinski definition) is 5. The second-order valence-electron chi connectivity index (χ2n) is 11.4. The van der Waals surface area contributed by atoms with Crippen molar-refractivity contribution in [1.82, 2.24) is 15.1 Å². The number of hydrogen-bond donors (Lipinski definition) is 1. The molecule has 2 heterocycles. The van der Waals surface area contributed by atoms with Crippen molar-refractivity contribution in [3.8, 4) is 11.5 Å². The standard InChI is InChI=1S/C32H40F3N3O5/c1-4-31(5-2)28(40)38(30(41)36-19-7-6-8-23-9-13-26(14-10-23)43-32(33,34)35)29(31)42-25-15-11-24(12-16-25)27(39)37-20-17-22(3)18-21-37/h9-16,22,29H,4-8,17-21H2,1-3H3,(H,36,41). The number of piperidine rings is 1. The van der Waals surface area contributed by atoms with Crippen molar-refractivity contribution in [2.75, 3.05) is 19.6 Å². The van der Waals surface area contributed by atoms with Crippen LogP contribution in [0.2, 0.25) is 0 Å². The normalized spacial score (nSPS) is 18.7. The zero-order valence-corrected chi connectivity index (χ0v) is 24.9. The molecule has 2 aliphatic heterocycles. The molecule has 2 aromatic rings. The van der Waals surface area contributed by atoms with Crippen molar-refractivity contribution in [2.24, 2.45) is 11.3 Å². The summed E-state index contributed by atoms with van der Waals surface area (Å²) < 4.78 is 47.1. The van der Waals surface area contributed by atoms with Gasteiger partial charge in [-0.25, -0.2) is 9.69 Å². The zero-order chi connectivity index (χ0) is 31.2. The third kappa shape index (κ3) is 7.61. The summed E-state index contributed by atoms with van der Waals surface area (Å²) in [6.45, 7) is 7.81. The molecule has 4 amide bonds. The predicted molar refractivity (Wildman–Crippen MR) is 154 cm³/mol. The molecule has 234 valence electrons. The molecular formula is C32H40F3N3O5. The minimum absolute atomic E-state index is 0.0118. The maximum Gasteiger partial charge on any atom is 0.573 e. The molecule has 1 N–H and O–H groups in total. The van der Waals surface area contributed by atoms with Gasteiger partial charge in [0, 0.05) is 25.2 Å². The SMILES string of the molecule is CCC1(CC)C(=O)N(C(=O)NCCCCc2ccc(OC(F)(F)F)cc2)C1Oc1ccc(C(=O)N2CCC(C)CC2)cc1. The molecule has 0 aliphatic carbocycles. The number of nitrogens with one attached hydrogen (secondary N) is 1. The minimum atomic E-state index is -4.73. The molecule has 2 saturated heterocycles. The third-order valence-corrected chi connectivity index (χ3v) is 8.58. The Hall–Kier alpha value is -3.76. The zero-order valence-electron chi connectivity index (χ0n) is 24.9. The first-order chi connectivity index (χ1) is 20.5. The van der Waals surface area contributed by atoms with Crippen LogP contribution < -0.4 is 14.8 Å². The fraction of sp³-hybridized carbons (Fsp3) is 0.531. The van der Waals surface area contributed by atoms with Gasteiger partial charge in [0.1, 0.15) is 16.9 Å². The van der Waals surface area contributed by atoms with Crippen molar-refractivity contribution < 1.29 is 37.0 Å². The molecular weight excluding hydrogens is 563 g/mol. The minimum Gasteiger partial charge on any atom is -0.469 e. The Morgan fingerprint density at radius 3 is 2.14 bits per heavy atom. The van der Waals surface area contributed by atoms with Gasteiger partial charge in [0.2, 0.25) is 5.91 Å². The lowest BCUT2D eigenvalue weighted by Crippen LogP contribution is -2.73. The molecule has 0 spiro atoms. The van der Waals surface area contributed by atoms with Crippen molar-refractivity contribution in [3.63, 3.8) is 0 Å². The molecule has 4 rings (SSSR count). The molecule has 1 atom stereocenters. The highest BCUT2D eigenvalue weighted by Gasteiger charge is 2.62. The van der Waals surface area contributed by atoms with Gasteiger partial charge >= 0.3 is 12.4 Å². The number of benzene rings is 2. The van der Waals surface area contributed by atoms with Crippen LogP contribution in [0.15, 0.2) is 48.5 Å². The number of halogens is 3. The number of urea groups is 1. The van der Waals surface area contributed by atoms with Crippen LogP contribution in [0.1, 0.15) is 75.2 Å². The summed E-state index contributed by atoms with van der Waals surface area (Å²) in [6, 6.07) is 12.0. The lowest BCUT2D eigenvalue weighted by molar-refractivity contribution is -0.274. The maximum absolute atomic E-state index is 13.2. The molecule has 11 heteroatoms. The Morgan fingerprint density at radius 1 is 0.953 bits per heavy atom. The van der Waals surface area contributed by atoms with Gasteiger partial charge in [0.05, 0.1) is 0 Å². The van der Waals surface area contributed by atoms with Crippen LogP contribution in [-0.2, 0) is 11.2 Å². The van der Waals surface area contributed by atoms with E-state index in [9.17, 15) is 27.6 Å². The van der Waals surface area contributed by atoms with Gasteiger partial charge in [0.15, 0.2) is 6.23 Å². The number of nitrogens with zero attached hydrogens (tertiary/aromatic N) is 2. The van der Waals surface area contributed by atoms with E-state index < -0.39 is 24.0 Å². The number of likely N-dealkylation sites (tertiary alicyclic amines) is 2. The van der Waals surface area contributed by atoms with Crippen LogP contribution in [0.3, 0.4) is 0 Å². The molecule has 1 unspecified atom stereocenters. The second kappa shape index (κ2) is 13.7. The number of β-lactam (4-membered cyclic amide) rings is 1. The van der Waals surface area contributed by atoms with E-state index >= 15 is 0 Å². The number of imide groups is 1. The van der Waals surface area contributed by atoms with Crippen LogP contribution >= 0.6 is 0 Å². The predicted octanol–water partition coefficient (Wildman–Crippen LogP) is 6.54. The fourth-order valence-corrected chi connectivity index (χ4v) is 5.69. The highest BCUT2D eigenvalue weighted by Crippen LogP contribution is 2.46. The third-order valence-electron chi connectivity index (χ3n) is 8.58. The van der Waals surface area contributed by atoms with Crippen LogP contribution in [0, 0.1) is 11.3 Å². The lowest BCUT2D eigenvalue weighted by Gasteiger charge is -2.53. The summed E-state index contributed by atoms with van der Waals surface area (Å²) in [5, 5.41) is 2.79. The Bertz CT molecular complexity index is 1250. The number of carbonyl (C=O) groups is 3. The first-order valence-corrected chi connectivity index (χ1v) is 15.0. The Kier molecular flexibility index (Phi) is 10.2. The molecule has 0 bridgehead atoms. The van der Waals surface area contributed by atoms with Crippen molar-refractivity contribution in [3.05, 3.63) is 59.7 Å². The van der Waals surface area contributed by atoms with E-state index in [0.717, 1.165) is 36.4 Å². The van der Waals surface area contributed by atoms with Crippen molar-refractivity contribution in [1.29, 1.82) is 0 Å². The quantitative estimate of drug-likeness (QED) is 0.233. The second-order valence-corrected chi connectivity index (χ2v) is 11.4. The summed E-state index contributed by atoms with van der Waals surface area (Å²) in [5.41, 5.74) is 0.600. The van der Waals surface area contributed by atoms with E-state index in [-0.39, 0.29) is 17.6 Å². The lowest BCUT2D eigenvalue weighted by atomic mass is 9.72. The van der Waals surface area contributed by atoms with E-state index in [1.165, 1.54) is 12.1 Å². The van der Waals surface area contributed by atoms with Crippen LogP contribution in [0.5, 0.6) is 11.5 Å². The summed E-state index contributed by atoms with van der Waals surface area (Å²) in [6.07, 6.45) is -0.601. The summed E-state index contributed by atoms with van der Waals surface area (Å²) >= 11 is 0. The van der Waals surface area contributed by atoms with Crippen molar-refractivity contribution >= 4 is 17.8 Å². The summed E-state index contributed by atoms with van der Waals surface area (Å²) in [4.78, 5) is 42.1. The highest BCUT2D eigenvalue weighted by molar-refractivity contribution is 6.03. The van der Waals surface area contributed by atoms with Crippen LogP contribution in [0.25, 0.3) is 0 Å². The largest absolute Gasteiger partial charge is 0.573 e. The number of ether oxygens (including phenoxy) is 2. The van der Waals surface area contributed by atoms with Gasteiger partial charge in [-0.2, -0.15) is 0 Å². The number of rotatable bonds is 11. The molecule has 0 aromatic heterocycles. The molecule has 0 radical (unpaired) electrons. The average Bonchev–Trinajstić information content (AvgIpc) is 2.98. The maximum atomic E-state index is 13.2. The topological polar surface area (TPSA) is 88.2 Å². The first kappa shape index (κ1) is 32.2. The monoisotopic (exact) mass is 603 g/mol. The Labute approximate surface area is 250 Å². The molecule has 2 fully saturated rings. The Morgan fingerprint density at radius 2 is 1.56 bits per heavy atom. The van der Waals surface area contributed by atoms with E-state index in [1.54, 1.807) is 36.4 Å². The number of alkyl halides is 3. The average molecular weight is 604 g/mol.